The number of rotatable bonds is 5. The second kappa shape index (κ2) is 8.42. The van der Waals surface area contributed by atoms with Crippen molar-refractivity contribution in [3.8, 4) is 5.75 Å². The lowest BCUT2D eigenvalue weighted by atomic mass is 10.1. The SMILES string of the molecule is CCOc1ccccc1N1C(=O)NC(=O)/C(=C\c2ccc(N3CCOCC3)o2)C1=O. The number of carbonyl (C=O) groups excluding carboxylic acids is 3. The molecule has 3 heterocycles. The first-order valence-electron chi connectivity index (χ1n) is 9.64. The number of amides is 4. The van der Waals surface area contributed by atoms with Gasteiger partial charge in [0.2, 0.25) is 0 Å². The lowest BCUT2D eigenvalue weighted by molar-refractivity contribution is -0.122. The zero-order valence-electron chi connectivity index (χ0n) is 16.4. The molecule has 0 bridgehead atoms. The van der Waals surface area contributed by atoms with Crippen molar-refractivity contribution in [2.24, 2.45) is 0 Å². The summed E-state index contributed by atoms with van der Waals surface area (Å²) in [5.41, 5.74) is 0.0532. The van der Waals surface area contributed by atoms with E-state index in [0.29, 0.717) is 50.3 Å². The second-order valence-corrected chi connectivity index (χ2v) is 6.63. The molecule has 1 aromatic heterocycles. The molecular weight excluding hydrogens is 390 g/mol. The van der Waals surface area contributed by atoms with Crippen LogP contribution in [0.4, 0.5) is 16.4 Å². The minimum absolute atomic E-state index is 0.205. The zero-order chi connectivity index (χ0) is 21.1. The Bertz CT molecular complexity index is 1010. The number of nitrogens with zero attached hydrogens (tertiary/aromatic N) is 2. The van der Waals surface area contributed by atoms with Crippen LogP contribution in [0.3, 0.4) is 0 Å². The molecule has 4 amide bonds. The summed E-state index contributed by atoms with van der Waals surface area (Å²) in [7, 11) is 0. The highest BCUT2D eigenvalue weighted by Crippen LogP contribution is 2.31. The fourth-order valence-electron chi connectivity index (χ4n) is 3.31. The average molecular weight is 411 g/mol. The molecule has 0 spiro atoms. The highest BCUT2D eigenvalue weighted by Gasteiger charge is 2.38. The maximum Gasteiger partial charge on any atom is 0.336 e. The van der Waals surface area contributed by atoms with Crippen LogP contribution in [0.1, 0.15) is 12.7 Å². The molecule has 2 saturated heterocycles. The van der Waals surface area contributed by atoms with E-state index in [4.69, 9.17) is 13.9 Å². The normalized spacial score (nSPS) is 18.7. The third-order valence-corrected chi connectivity index (χ3v) is 4.73. The molecule has 2 fully saturated rings. The van der Waals surface area contributed by atoms with Crippen molar-refractivity contribution in [2.45, 2.75) is 6.92 Å². The molecule has 0 radical (unpaired) electrons. The number of nitrogens with one attached hydrogen (secondary N) is 1. The van der Waals surface area contributed by atoms with E-state index < -0.39 is 17.8 Å². The van der Waals surface area contributed by atoms with Gasteiger partial charge in [0.25, 0.3) is 11.8 Å². The summed E-state index contributed by atoms with van der Waals surface area (Å²) in [5, 5.41) is 2.20. The Morgan fingerprint density at radius 1 is 1.10 bits per heavy atom. The number of urea groups is 1. The number of anilines is 2. The van der Waals surface area contributed by atoms with E-state index in [0.717, 1.165) is 4.90 Å². The standard InChI is InChI=1S/C21H21N3O6/c1-2-29-17-6-4-3-5-16(17)24-20(26)15(19(25)22-21(24)27)13-14-7-8-18(30-14)23-9-11-28-12-10-23/h3-8,13H,2,9-12H2,1H3,(H,22,25,27)/b15-13+. The number of carbonyl (C=O) groups is 3. The van der Waals surface area contributed by atoms with Crippen molar-refractivity contribution in [3.05, 3.63) is 47.7 Å². The predicted octanol–water partition coefficient (Wildman–Crippen LogP) is 2.18. The van der Waals surface area contributed by atoms with Crippen molar-refractivity contribution >= 4 is 35.5 Å². The molecule has 30 heavy (non-hydrogen) atoms. The van der Waals surface area contributed by atoms with Gasteiger partial charge in [0, 0.05) is 19.2 Å². The first kappa shape index (κ1) is 19.7. The van der Waals surface area contributed by atoms with Gasteiger partial charge in [-0.25, -0.2) is 9.69 Å². The molecule has 9 heteroatoms. The van der Waals surface area contributed by atoms with Gasteiger partial charge in [-0.2, -0.15) is 0 Å². The number of imide groups is 2. The molecule has 9 nitrogen and oxygen atoms in total. The molecule has 156 valence electrons. The van der Waals surface area contributed by atoms with Crippen molar-refractivity contribution in [2.75, 3.05) is 42.7 Å². The summed E-state index contributed by atoms with van der Waals surface area (Å²) in [6.45, 7) is 4.76. The molecule has 1 N–H and O–H groups in total. The maximum atomic E-state index is 13.1. The monoisotopic (exact) mass is 411 g/mol. The molecule has 1 aromatic carbocycles. The molecule has 2 aliphatic rings. The van der Waals surface area contributed by atoms with Crippen molar-refractivity contribution < 1.29 is 28.3 Å². The van der Waals surface area contributed by atoms with E-state index in [9.17, 15) is 14.4 Å². The molecular formula is C21H21N3O6. The molecule has 0 saturated carbocycles. The third kappa shape index (κ3) is 3.79. The Kier molecular flexibility index (Phi) is 5.53. The fraction of sp³-hybridized carbons (Fsp3) is 0.286. The number of benzene rings is 1. The summed E-state index contributed by atoms with van der Waals surface area (Å²) in [6, 6.07) is 9.27. The minimum atomic E-state index is -0.831. The quantitative estimate of drug-likeness (QED) is 0.594. The van der Waals surface area contributed by atoms with Crippen LogP contribution in [0.15, 0.2) is 46.4 Å². The predicted molar refractivity (Wildman–Crippen MR) is 108 cm³/mol. The van der Waals surface area contributed by atoms with Crippen LogP contribution in [-0.2, 0) is 14.3 Å². The number of furan rings is 1. The summed E-state index contributed by atoms with van der Waals surface area (Å²) in [6.07, 6.45) is 1.34. The number of para-hydroxylation sites is 2. The topological polar surface area (TPSA) is 101 Å². The maximum absolute atomic E-state index is 13.1. The molecule has 0 aliphatic carbocycles. The molecule has 2 aromatic rings. The summed E-state index contributed by atoms with van der Waals surface area (Å²) in [4.78, 5) is 40.8. The van der Waals surface area contributed by atoms with Gasteiger partial charge in [0.05, 0.1) is 25.5 Å². The first-order chi connectivity index (χ1) is 14.6. The molecule has 0 atom stereocenters. The van der Waals surface area contributed by atoms with Gasteiger partial charge in [-0.05, 0) is 31.2 Å². The van der Waals surface area contributed by atoms with Gasteiger partial charge in [0.1, 0.15) is 17.1 Å². The van der Waals surface area contributed by atoms with Crippen LogP contribution in [-0.4, -0.2) is 50.8 Å². The summed E-state index contributed by atoms with van der Waals surface area (Å²) in [5.74, 6) is -0.199. The van der Waals surface area contributed by atoms with Gasteiger partial charge in [-0.15, -0.1) is 0 Å². The highest BCUT2D eigenvalue weighted by atomic mass is 16.5. The summed E-state index contributed by atoms with van der Waals surface area (Å²) < 4.78 is 16.6. The Balaban J connectivity index is 1.64. The van der Waals surface area contributed by atoms with Crippen LogP contribution in [0.2, 0.25) is 0 Å². The lowest BCUT2D eigenvalue weighted by Gasteiger charge is -2.27. The highest BCUT2D eigenvalue weighted by molar-refractivity contribution is 6.39. The van der Waals surface area contributed by atoms with Gasteiger partial charge in [0.15, 0.2) is 5.88 Å². The number of hydrogen-bond donors (Lipinski definition) is 1. The largest absolute Gasteiger partial charge is 0.492 e. The van der Waals surface area contributed by atoms with Gasteiger partial charge >= 0.3 is 6.03 Å². The van der Waals surface area contributed by atoms with Crippen molar-refractivity contribution in [1.29, 1.82) is 0 Å². The van der Waals surface area contributed by atoms with E-state index in [1.54, 1.807) is 43.3 Å². The Labute approximate surface area is 172 Å². The molecule has 0 unspecified atom stereocenters. The van der Waals surface area contributed by atoms with E-state index in [2.05, 4.69) is 5.32 Å². The number of morpholine rings is 1. The Morgan fingerprint density at radius 2 is 1.87 bits per heavy atom. The first-order valence-corrected chi connectivity index (χ1v) is 9.64. The van der Waals surface area contributed by atoms with Crippen LogP contribution >= 0.6 is 0 Å². The lowest BCUT2D eigenvalue weighted by Crippen LogP contribution is -2.54. The van der Waals surface area contributed by atoms with Gasteiger partial charge < -0.3 is 18.8 Å². The molecule has 4 rings (SSSR count). The molecule has 2 aliphatic heterocycles. The van der Waals surface area contributed by atoms with Gasteiger partial charge in [-0.1, -0.05) is 12.1 Å². The Morgan fingerprint density at radius 3 is 2.63 bits per heavy atom. The van der Waals surface area contributed by atoms with Crippen LogP contribution < -0.4 is 19.9 Å². The van der Waals surface area contributed by atoms with Crippen molar-refractivity contribution in [3.63, 3.8) is 0 Å². The Hall–Kier alpha value is -3.59. The van der Waals surface area contributed by atoms with E-state index >= 15 is 0 Å². The van der Waals surface area contributed by atoms with E-state index in [1.807, 2.05) is 4.90 Å². The van der Waals surface area contributed by atoms with Gasteiger partial charge in [-0.3, -0.25) is 14.9 Å². The summed E-state index contributed by atoms with van der Waals surface area (Å²) >= 11 is 0. The number of hydrogen-bond acceptors (Lipinski definition) is 7. The smallest absolute Gasteiger partial charge is 0.336 e. The van der Waals surface area contributed by atoms with Crippen molar-refractivity contribution in [1.82, 2.24) is 5.32 Å². The number of barbiturate groups is 1. The van der Waals surface area contributed by atoms with E-state index in [-0.39, 0.29) is 11.3 Å². The fourth-order valence-corrected chi connectivity index (χ4v) is 3.31. The van der Waals surface area contributed by atoms with Crippen LogP contribution in [0.5, 0.6) is 5.75 Å². The van der Waals surface area contributed by atoms with Crippen LogP contribution in [0.25, 0.3) is 6.08 Å². The van der Waals surface area contributed by atoms with E-state index in [1.165, 1.54) is 6.08 Å². The minimum Gasteiger partial charge on any atom is -0.492 e. The van der Waals surface area contributed by atoms with Crippen LogP contribution in [0, 0.1) is 0 Å². The second-order valence-electron chi connectivity index (χ2n) is 6.63. The third-order valence-electron chi connectivity index (χ3n) is 4.73. The average Bonchev–Trinajstić information content (AvgIpc) is 3.22. The number of ether oxygens (including phenoxy) is 2. The zero-order valence-corrected chi connectivity index (χ0v) is 16.4.